The molecule has 0 fully saturated rings. The monoisotopic (exact) mass is 518 g/mol. The lowest BCUT2D eigenvalue weighted by Gasteiger charge is -2.43. The number of carbonyl (C=O) groups is 1. The Morgan fingerprint density at radius 3 is 1.19 bits per heavy atom. The van der Waals surface area contributed by atoms with Crippen molar-refractivity contribution >= 4 is 5.97 Å². The van der Waals surface area contributed by atoms with Crippen molar-refractivity contribution in [3.8, 4) is 0 Å². The molecular formula is C13H7F17O2. The van der Waals surface area contributed by atoms with Crippen molar-refractivity contribution in [3.63, 3.8) is 0 Å². The van der Waals surface area contributed by atoms with Gasteiger partial charge in [0.25, 0.3) is 0 Å². The SMILES string of the molecule is C=CC(=O)OC(C)C(F)(F)C(F)(F)C(F)(F)C(F)(F)C(F)(F)C(F)(F)C(F)(F)C(F)(F)F. The molecular weight excluding hydrogens is 511 g/mol. The summed E-state index contributed by atoms with van der Waals surface area (Å²) in [6.07, 6.45) is -11.8. The molecule has 0 aliphatic rings. The van der Waals surface area contributed by atoms with Crippen LogP contribution < -0.4 is 0 Å². The van der Waals surface area contributed by atoms with E-state index in [1.165, 1.54) is 0 Å². The minimum atomic E-state index is -8.71. The Bertz CT molecular complexity index is 720. The van der Waals surface area contributed by atoms with Gasteiger partial charge in [-0.05, 0) is 6.92 Å². The van der Waals surface area contributed by atoms with Crippen LogP contribution in [0, 0.1) is 0 Å². The average Bonchev–Trinajstić information content (AvgIpc) is 2.59. The topological polar surface area (TPSA) is 26.3 Å². The van der Waals surface area contributed by atoms with Gasteiger partial charge in [0, 0.05) is 6.08 Å². The second-order valence-corrected chi connectivity index (χ2v) is 5.85. The van der Waals surface area contributed by atoms with Crippen molar-refractivity contribution in [1.29, 1.82) is 0 Å². The molecule has 0 N–H and O–H groups in total. The first-order valence-corrected chi connectivity index (χ1v) is 7.17. The smallest absolute Gasteiger partial charge is 0.453 e. The molecule has 2 nitrogen and oxygen atoms in total. The maximum atomic E-state index is 13.6. The predicted octanol–water partition coefficient (Wildman–Crippen LogP) is 6.11. The van der Waals surface area contributed by atoms with Crippen molar-refractivity contribution < 1.29 is 84.2 Å². The van der Waals surface area contributed by atoms with Crippen LogP contribution in [0.5, 0.6) is 0 Å². The number of rotatable bonds is 9. The fourth-order valence-electron chi connectivity index (χ4n) is 1.73. The molecule has 0 saturated carbocycles. The molecule has 0 aliphatic heterocycles. The highest BCUT2D eigenvalue weighted by Gasteiger charge is 2.95. The number of carbonyl (C=O) groups excluding carboxylic acids is 1. The van der Waals surface area contributed by atoms with Crippen molar-refractivity contribution in [3.05, 3.63) is 12.7 Å². The zero-order valence-electron chi connectivity index (χ0n) is 14.6. The van der Waals surface area contributed by atoms with Crippen LogP contribution >= 0.6 is 0 Å². The van der Waals surface area contributed by atoms with Gasteiger partial charge in [-0.3, -0.25) is 0 Å². The van der Waals surface area contributed by atoms with Gasteiger partial charge in [0.15, 0.2) is 6.10 Å². The lowest BCUT2D eigenvalue weighted by atomic mass is 9.88. The van der Waals surface area contributed by atoms with Crippen molar-refractivity contribution in [2.24, 2.45) is 0 Å². The third-order valence-corrected chi connectivity index (χ3v) is 3.72. The van der Waals surface area contributed by atoms with E-state index in [1.54, 1.807) is 0 Å². The predicted molar refractivity (Wildman–Crippen MR) is 66.4 cm³/mol. The molecule has 190 valence electrons. The number of halogens is 17. The van der Waals surface area contributed by atoms with Crippen LogP contribution in [0.2, 0.25) is 0 Å². The summed E-state index contributed by atoms with van der Waals surface area (Å²) in [7, 11) is 0. The van der Waals surface area contributed by atoms with Gasteiger partial charge in [0.1, 0.15) is 0 Å². The molecule has 1 unspecified atom stereocenters. The lowest BCUT2D eigenvalue weighted by Crippen LogP contribution is -2.75. The van der Waals surface area contributed by atoms with Gasteiger partial charge in [-0.1, -0.05) is 6.58 Å². The molecule has 0 aromatic rings. The molecule has 0 amide bonds. The Kier molecular flexibility index (Phi) is 7.32. The van der Waals surface area contributed by atoms with E-state index >= 15 is 0 Å². The Morgan fingerprint density at radius 2 is 0.906 bits per heavy atom. The van der Waals surface area contributed by atoms with Gasteiger partial charge in [-0.15, -0.1) is 0 Å². The van der Waals surface area contributed by atoms with Gasteiger partial charge < -0.3 is 4.74 Å². The van der Waals surface area contributed by atoms with E-state index in [0.717, 1.165) is 0 Å². The Hall–Kier alpha value is -1.98. The Morgan fingerprint density at radius 1 is 0.625 bits per heavy atom. The normalized spacial score (nSPS) is 16.6. The molecule has 0 spiro atoms. The van der Waals surface area contributed by atoms with Crippen LogP contribution in [-0.4, -0.2) is 59.7 Å². The van der Waals surface area contributed by atoms with Gasteiger partial charge in [-0.2, -0.15) is 74.6 Å². The fraction of sp³-hybridized carbons (Fsp3) is 0.769. The second kappa shape index (κ2) is 7.81. The van der Waals surface area contributed by atoms with Gasteiger partial charge >= 0.3 is 53.6 Å². The van der Waals surface area contributed by atoms with E-state index in [1.807, 2.05) is 0 Å². The maximum Gasteiger partial charge on any atom is 0.460 e. The zero-order chi connectivity index (χ0) is 26.6. The third kappa shape index (κ3) is 3.84. The van der Waals surface area contributed by atoms with E-state index in [2.05, 4.69) is 11.3 Å². The Labute approximate surface area is 165 Å². The summed E-state index contributed by atoms with van der Waals surface area (Å²) in [6, 6.07) is 0. The van der Waals surface area contributed by atoms with Gasteiger partial charge in [0.2, 0.25) is 0 Å². The summed E-state index contributed by atoms with van der Waals surface area (Å²) >= 11 is 0. The number of hydrogen-bond donors (Lipinski definition) is 0. The first kappa shape index (κ1) is 30.0. The molecule has 0 rings (SSSR count). The number of esters is 1. The van der Waals surface area contributed by atoms with Crippen molar-refractivity contribution in [2.75, 3.05) is 0 Å². The number of hydrogen-bond acceptors (Lipinski definition) is 2. The average molecular weight is 518 g/mol. The molecule has 32 heavy (non-hydrogen) atoms. The molecule has 0 heterocycles. The highest BCUT2D eigenvalue weighted by Crippen LogP contribution is 2.64. The van der Waals surface area contributed by atoms with E-state index in [4.69, 9.17) is 0 Å². The summed E-state index contributed by atoms with van der Waals surface area (Å²) < 4.78 is 225. The van der Waals surface area contributed by atoms with Crippen molar-refractivity contribution in [1.82, 2.24) is 0 Å². The lowest BCUT2D eigenvalue weighted by molar-refractivity contribution is -0.463. The molecule has 1 atom stereocenters. The van der Waals surface area contributed by atoms with Crippen LogP contribution in [0.25, 0.3) is 0 Å². The summed E-state index contributed by atoms with van der Waals surface area (Å²) in [6.45, 7) is 2.13. The third-order valence-electron chi connectivity index (χ3n) is 3.72. The quantitative estimate of drug-likeness (QED) is 0.209. The molecule has 0 aliphatic carbocycles. The molecule has 0 radical (unpaired) electrons. The molecule has 0 aromatic carbocycles. The standard InChI is InChI=1S/C13H7F17O2/c1-3-5(31)32-4(2)6(14,15)7(16,17)8(18,19)9(20,21)10(22,23)11(24,25)12(26,27)13(28,29)30/h3-4H,1H2,2H3. The molecule has 0 saturated heterocycles. The highest BCUT2D eigenvalue weighted by atomic mass is 19.4. The van der Waals surface area contributed by atoms with Gasteiger partial charge in [-0.25, -0.2) is 4.79 Å². The molecule has 0 bridgehead atoms. The Balaban J connectivity index is 6.71. The van der Waals surface area contributed by atoms with Crippen molar-refractivity contribution in [2.45, 2.75) is 60.7 Å². The minimum absolute atomic E-state index is 0.0641. The molecule has 0 aromatic heterocycles. The van der Waals surface area contributed by atoms with E-state index < -0.39 is 66.6 Å². The minimum Gasteiger partial charge on any atom is -0.453 e. The van der Waals surface area contributed by atoms with Crippen LogP contribution in [0.15, 0.2) is 12.7 Å². The summed E-state index contributed by atoms with van der Waals surface area (Å²) in [5, 5.41) is 0. The van der Waals surface area contributed by atoms with Crippen LogP contribution in [0.1, 0.15) is 6.92 Å². The first-order valence-electron chi connectivity index (χ1n) is 7.17. The first-order chi connectivity index (χ1) is 13.6. The second-order valence-electron chi connectivity index (χ2n) is 5.85. The molecule has 19 heteroatoms. The van der Waals surface area contributed by atoms with E-state index in [0.29, 0.717) is 0 Å². The fourth-order valence-corrected chi connectivity index (χ4v) is 1.73. The number of alkyl halides is 17. The summed E-state index contributed by atoms with van der Waals surface area (Å²) in [5.74, 6) is -59.4. The van der Waals surface area contributed by atoms with E-state index in [9.17, 15) is 79.4 Å². The van der Waals surface area contributed by atoms with Gasteiger partial charge in [0.05, 0.1) is 0 Å². The van der Waals surface area contributed by atoms with Crippen LogP contribution in [-0.2, 0) is 9.53 Å². The highest BCUT2D eigenvalue weighted by molar-refractivity contribution is 5.81. The summed E-state index contributed by atoms with van der Waals surface area (Å²) in [4.78, 5) is 10.7. The number of ether oxygens (including phenoxy) is 1. The maximum absolute atomic E-state index is 13.6. The largest absolute Gasteiger partial charge is 0.460 e. The van der Waals surface area contributed by atoms with Crippen LogP contribution in [0.3, 0.4) is 0 Å². The van der Waals surface area contributed by atoms with Crippen LogP contribution in [0.4, 0.5) is 74.6 Å². The van der Waals surface area contributed by atoms with E-state index in [-0.39, 0.29) is 6.08 Å². The zero-order valence-corrected chi connectivity index (χ0v) is 14.6. The summed E-state index contributed by atoms with van der Waals surface area (Å²) in [5.41, 5.74) is 0.